The minimum absolute atomic E-state index is 0.0528. The lowest BCUT2D eigenvalue weighted by Gasteiger charge is -2.36. The van der Waals surface area contributed by atoms with Crippen molar-refractivity contribution in [1.29, 1.82) is 5.26 Å². The van der Waals surface area contributed by atoms with Gasteiger partial charge >= 0.3 is 0 Å². The van der Waals surface area contributed by atoms with Gasteiger partial charge in [0, 0.05) is 5.69 Å². The van der Waals surface area contributed by atoms with Gasteiger partial charge in [-0.3, -0.25) is 4.79 Å². The van der Waals surface area contributed by atoms with E-state index in [2.05, 4.69) is 17.6 Å². The number of nitriles is 1. The summed E-state index contributed by atoms with van der Waals surface area (Å²) in [4.78, 5) is 12.7. The number of carbonyl (C=O) groups is 1. The summed E-state index contributed by atoms with van der Waals surface area (Å²) in [6.07, 6.45) is 3.58. The molecule has 1 amide bonds. The third-order valence-corrected chi connectivity index (χ3v) is 4.45. The van der Waals surface area contributed by atoms with E-state index >= 15 is 0 Å². The van der Waals surface area contributed by atoms with E-state index in [0.717, 1.165) is 38.8 Å². The summed E-state index contributed by atoms with van der Waals surface area (Å²) in [5, 5.41) is 15.7. The van der Waals surface area contributed by atoms with Crippen LogP contribution >= 0.6 is 11.6 Å². The van der Waals surface area contributed by atoms with E-state index < -0.39 is 0 Å². The molecule has 0 spiro atoms. The highest BCUT2D eigenvalue weighted by molar-refractivity contribution is 6.31. The van der Waals surface area contributed by atoms with E-state index in [4.69, 9.17) is 16.9 Å². The van der Waals surface area contributed by atoms with Crippen LogP contribution in [0, 0.1) is 16.7 Å². The average Bonchev–Trinajstić information content (AvgIpc) is 2.50. The molecule has 0 unspecified atom stereocenters. The highest BCUT2D eigenvalue weighted by atomic mass is 35.5. The van der Waals surface area contributed by atoms with Gasteiger partial charge in [-0.15, -0.1) is 0 Å². The zero-order chi connectivity index (χ0) is 15.3. The third kappa shape index (κ3) is 3.55. The van der Waals surface area contributed by atoms with Crippen molar-refractivity contribution in [2.24, 2.45) is 5.41 Å². The highest BCUT2D eigenvalue weighted by Gasteiger charge is 2.38. The van der Waals surface area contributed by atoms with Crippen molar-refractivity contribution < 1.29 is 4.79 Å². The SMILES string of the molecule is CCCC1(C(=O)Nc2ccc(Cl)c(C#N)c2)CCNCC1. The Kier molecular flexibility index (Phi) is 5.22. The van der Waals surface area contributed by atoms with Gasteiger partial charge in [0.05, 0.1) is 16.0 Å². The van der Waals surface area contributed by atoms with Crippen LogP contribution in [0.25, 0.3) is 0 Å². The van der Waals surface area contributed by atoms with Crippen LogP contribution in [0.5, 0.6) is 0 Å². The second kappa shape index (κ2) is 6.93. The molecule has 2 rings (SSSR count). The Labute approximate surface area is 130 Å². The van der Waals surface area contributed by atoms with Crippen LogP contribution in [-0.2, 0) is 4.79 Å². The first-order valence-corrected chi connectivity index (χ1v) is 7.71. The Bertz CT molecular complexity index is 554. The molecule has 5 heteroatoms. The van der Waals surface area contributed by atoms with Crippen LogP contribution in [0.4, 0.5) is 5.69 Å². The van der Waals surface area contributed by atoms with Crippen molar-refractivity contribution in [2.75, 3.05) is 18.4 Å². The molecule has 1 aliphatic heterocycles. The van der Waals surface area contributed by atoms with Gasteiger partial charge in [0.15, 0.2) is 0 Å². The molecule has 4 nitrogen and oxygen atoms in total. The molecule has 1 aliphatic rings. The number of benzene rings is 1. The van der Waals surface area contributed by atoms with Gasteiger partial charge in [-0.05, 0) is 50.6 Å². The summed E-state index contributed by atoms with van der Waals surface area (Å²) in [7, 11) is 0. The van der Waals surface area contributed by atoms with E-state index in [1.807, 2.05) is 6.07 Å². The van der Waals surface area contributed by atoms with Gasteiger partial charge in [0.2, 0.25) is 5.91 Å². The Hall–Kier alpha value is -1.57. The first-order chi connectivity index (χ1) is 10.1. The molecular formula is C16H20ClN3O. The lowest BCUT2D eigenvalue weighted by molar-refractivity contribution is -0.127. The maximum Gasteiger partial charge on any atom is 0.230 e. The van der Waals surface area contributed by atoms with Gasteiger partial charge in [-0.2, -0.15) is 5.26 Å². The first-order valence-electron chi connectivity index (χ1n) is 7.33. The van der Waals surface area contributed by atoms with E-state index in [1.165, 1.54) is 0 Å². The zero-order valence-electron chi connectivity index (χ0n) is 12.2. The van der Waals surface area contributed by atoms with Crippen molar-refractivity contribution in [3.05, 3.63) is 28.8 Å². The Morgan fingerprint density at radius 1 is 1.48 bits per heavy atom. The summed E-state index contributed by atoms with van der Waals surface area (Å²) in [6, 6.07) is 7.04. The van der Waals surface area contributed by atoms with Gasteiger partial charge in [0.25, 0.3) is 0 Å². The number of piperidine rings is 1. The zero-order valence-corrected chi connectivity index (χ0v) is 13.0. The monoisotopic (exact) mass is 305 g/mol. The molecule has 2 N–H and O–H groups in total. The van der Waals surface area contributed by atoms with E-state index in [-0.39, 0.29) is 11.3 Å². The van der Waals surface area contributed by atoms with Gasteiger partial charge in [0.1, 0.15) is 6.07 Å². The van der Waals surface area contributed by atoms with Crippen LogP contribution in [0.1, 0.15) is 38.2 Å². The summed E-state index contributed by atoms with van der Waals surface area (Å²) in [5.41, 5.74) is 0.714. The van der Waals surface area contributed by atoms with Gasteiger partial charge < -0.3 is 10.6 Å². The molecular weight excluding hydrogens is 286 g/mol. The fraction of sp³-hybridized carbons (Fsp3) is 0.500. The summed E-state index contributed by atoms with van der Waals surface area (Å²) >= 11 is 5.92. The molecule has 21 heavy (non-hydrogen) atoms. The minimum Gasteiger partial charge on any atom is -0.326 e. The largest absolute Gasteiger partial charge is 0.326 e. The van der Waals surface area contributed by atoms with E-state index in [0.29, 0.717) is 16.3 Å². The molecule has 1 heterocycles. The highest BCUT2D eigenvalue weighted by Crippen LogP contribution is 2.35. The molecule has 112 valence electrons. The van der Waals surface area contributed by atoms with Crippen molar-refractivity contribution in [1.82, 2.24) is 5.32 Å². The van der Waals surface area contributed by atoms with E-state index in [9.17, 15) is 4.79 Å². The number of nitrogens with one attached hydrogen (secondary N) is 2. The smallest absolute Gasteiger partial charge is 0.230 e. The fourth-order valence-electron chi connectivity index (χ4n) is 2.93. The molecule has 0 radical (unpaired) electrons. The summed E-state index contributed by atoms with van der Waals surface area (Å²) < 4.78 is 0. The number of hydrogen-bond acceptors (Lipinski definition) is 3. The molecule has 1 fully saturated rings. The summed E-state index contributed by atoms with van der Waals surface area (Å²) in [6.45, 7) is 3.85. The second-order valence-corrected chi connectivity index (χ2v) is 5.95. The predicted octanol–water partition coefficient (Wildman–Crippen LogP) is 3.32. The Morgan fingerprint density at radius 3 is 2.81 bits per heavy atom. The number of anilines is 1. The van der Waals surface area contributed by atoms with Crippen molar-refractivity contribution in [3.8, 4) is 6.07 Å². The fourth-order valence-corrected chi connectivity index (χ4v) is 3.09. The van der Waals surface area contributed by atoms with Crippen LogP contribution in [0.3, 0.4) is 0 Å². The minimum atomic E-state index is -0.299. The standard InChI is InChI=1S/C16H20ClN3O/c1-2-5-16(6-8-19-9-7-16)15(21)20-13-3-4-14(17)12(10-13)11-18/h3-4,10,19H,2,5-9H2,1H3,(H,20,21). The molecule has 1 saturated heterocycles. The van der Waals surface area contributed by atoms with Crippen molar-refractivity contribution in [3.63, 3.8) is 0 Å². The normalized spacial score (nSPS) is 17.0. The molecule has 0 bridgehead atoms. The van der Waals surface area contributed by atoms with Crippen LogP contribution in [0.2, 0.25) is 5.02 Å². The number of halogens is 1. The molecule has 0 atom stereocenters. The van der Waals surface area contributed by atoms with Crippen molar-refractivity contribution in [2.45, 2.75) is 32.6 Å². The lowest BCUT2D eigenvalue weighted by Crippen LogP contribution is -2.44. The molecule has 0 aromatic heterocycles. The lowest BCUT2D eigenvalue weighted by atomic mass is 9.74. The topological polar surface area (TPSA) is 64.9 Å². The number of nitrogens with zero attached hydrogens (tertiary/aromatic N) is 1. The second-order valence-electron chi connectivity index (χ2n) is 5.54. The average molecular weight is 306 g/mol. The van der Waals surface area contributed by atoms with Crippen molar-refractivity contribution >= 4 is 23.2 Å². The van der Waals surface area contributed by atoms with Crippen LogP contribution in [0.15, 0.2) is 18.2 Å². The molecule has 1 aromatic carbocycles. The van der Waals surface area contributed by atoms with Crippen LogP contribution < -0.4 is 10.6 Å². The number of amides is 1. The first kappa shape index (κ1) is 15.8. The molecule has 1 aromatic rings. The molecule has 0 aliphatic carbocycles. The van der Waals surface area contributed by atoms with Gasteiger partial charge in [-0.1, -0.05) is 24.9 Å². The predicted molar refractivity (Wildman–Crippen MR) is 84.2 cm³/mol. The number of rotatable bonds is 4. The summed E-state index contributed by atoms with van der Waals surface area (Å²) in [5.74, 6) is 0.0528. The number of hydrogen-bond donors (Lipinski definition) is 2. The molecule has 0 saturated carbocycles. The maximum absolute atomic E-state index is 12.7. The van der Waals surface area contributed by atoms with Gasteiger partial charge in [-0.25, -0.2) is 0 Å². The quantitative estimate of drug-likeness (QED) is 0.897. The third-order valence-electron chi connectivity index (χ3n) is 4.12. The Balaban J connectivity index is 2.17. The number of carbonyl (C=O) groups excluding carboxylic acids is 1. The van der Waals surface area contributed by atoms with Crippen LogP contribution in [-0.4, -0.2) is 19.0 Å². The van der Waals surface area contributed by atoms with E-state index in [1.54, 1.807) is 18.2 Å². The maximum atomic E-state index is 12.7. The Morgan fingerprint density at radius 2 is 2.19 bits per heavy atom.